The van der Waals surface area contributed by atoms with Gasteiger partial charge in [-0.3, -0.25) is 4.90 Å². The maximum absolute atomic E-state index is 11.6. The van der Waals surface area contributed by atoms with E-state index in [1.807, 2.05) is 0 Å². The summed E-state index contributed by atoms with van der Waals surface area (Å²) in [5.74, 6) is -0.511. The van der Waals surface area contributed by atoms with Gasteiger partial charge in [-0.2, -0.15) is 0 Å². The monoisotopic (exact) mass is 211 g/mol. The van der Waals surface area contributed by atoms with Crippen LogP contribution in [-0.2, 0) is 0 Å². The van der Waals surface area contributed by atoms with Gasteiger partial charge in [0, 0.05) is 20.0 Å². The molecule has 2 heterocycles. The van der Waals surface area contributed by atoms with Crippen molar-refractivity contribution in [3.05, 3.63) is 11.6 Å². The van der Waals surface area contributed by atoms with Gasteiger partial charge in [0.05, 0.1) is 0 Å². The Kier molecular flexibility index (Phi) is 1.95. The average molecular weight is 211 g/mol. The number of nitrogens with one attached hydrogen (secondary N) is 1. The van der Waals surface area contributed by atoms with Crippen molar-refractivity contribution < 1.29 is 20.2 Å². The summed E-state index contributed by atoms with van der Waals surface area (Å²) in [6.45, 7) is 0. The molecule has 15 heavy (non-hydrogen) atoms. The lowest BCUT2D eigenvalue weighted by Crippen LogP contribution is -3.09. The first-order valence-electron chi connectivity index (χ1n) is 4.14. The number of amides is 2. The first-order chi connectivity index (χ1) is 7.04. The minimum atomic E-state index is -0.583. The van der Waals surface area contributed by atoms with Crippen LogP contribution in [0.2, 0.25) is 0 Å². The number of nitrogens with zero attached hydrogens (tertiary/aromatic N) is 4. The first kappa shape index (κ1) is 9.62. The number of hydrogen-bond acceptors (Lipinski definition) is 5. The van der Waals surface area contributed by atoms with Crippen LogP contribution in [0.5, 0.6) is 0 Å². The Bertz CT molecular complexity index is 413. The molecular formula is C7H9N5O3. The minimum absolute atomic E-state index is 0.00500. The van der Waals surface area contributed by atoms with Crippen molar-refractivity contribution >= 4 is 18.2 Å². The number of urea groups is 1. The molecule has 0 aromatic rings. The highest BCUT2D eigenvalue weighted by Crippen LogP contribution is 2.13. The molecule has 1 atom stereocenters. The topological polar surface area (TPSA) is 96.0 Å². The Labute approximate surface area is 85.0 Å². The molecular weight excluding hydrogens is 202 g/mol. The molecule has 0 aromatic heterocycles. The van der Waals surface area contributed by atoms with Gasteiger partial charge < -0.3 is 10.0 Å². The molecule has 8 heteroatoms. The van der Waals surface area contributed by atoms with E-state index >= 15 is 0 Å². The number of rotatable bonds is 0. The quantitative estimate of drug-likeness (QED) is 0.451. The highest BCUT2D eigenvalue weighted by Gasteiger charge is 2.37. The van der Waals surface area contributed by atoms with Gasteiger partial charge in [-0.1, -0.05) is 5.10 Å². The molecule has 0 aliphatic carbocycles. The third kappa shape index (κ3) is 1.19. The van der Waals surface area contributed by atoms with Crippen LogP contribution < -0.4 is 10.2 Å². The van der Waals surface area contributed by atoms with Gasteiger partial charge in [0.25, 0.3) is 0 Å². The lowest BCUT2D eigenvalue weighted by atomic mass is 10.3. The van der Waals surface area contributed by atoms with Crippen molar-refractivity contribution in [1.29, 1.82) is 0 Å². The predicted molar refractivity (Wildman–Crippen MR) is 46.6 cm³/mol. The van der Waals surface area contributed by atoms with Gasteiger partial charge in [0.2, 0.25) is 17.9 Å². The van der Waals surface area contributed by atoms with Gasteiger partial charge in [-0.15, -0.1) is 10.2 Å². The molecule has 0 saturated carbocycles. The molecule has 1 unspecified atom stereocenters. The Balaban J connectivity index is 2.59. The van der Waals surface area contributed by atoms with E-state index in [2.05, 4.69) is 10.2 Å². The zero-order valence-electron chi connectivity index (χ0n) is 8.13. The fourth-order valence-electron chi connectivity index (χ4n) is 1.38. The molecule has 2 aliphatic heterocycles. The number of likely N-dealkylation sites (N-methyl/N-ethyl adjacent to an activating group) is 1. The van der Waals surface area contributed by atoms with Crippen LogP contribution in [0.15, 0.2) is 21.8 Å². The molecule has 0 aromatic carbocycles. The van der Waals surface area contributed by atoms with E-state index in [9.17, 15) is 15.1 Å². The van der Waals surface area contributed by atoms with Crippen molar-refractivity contribution in [2.75, 3.05) is 14.1 Å². The summed E-state index contributed by atoms with van der Waals surface area (Å²) in [6.07, 6.45) is 1.06. The van der Waals surface area contributed by atoms with Gasteiger partial charge in [0.1, 0.15) is 0 Å². The Morgan fingerprint density at radius 3 is 2.80 bits per heavy atom. The normalized spacial score (nSPS) is 25.7. The number of carbonyl (C=O) groups excluding carboxylic acids is 1. The van der Waals surface area contributed by atoms with Crippen LogP contribution in [0.1, 0.15) is 0 Å². The van der Waals surface area contributed by atoms with Crippen molar-refractivity contribution in [3.8, 4) is 0 Å². The molecule has 0 fully saturated rings. The molecule has 0 bridgehead atoms. The second-order valence-electron chi connectivity index (χ2n) is 3.13. The van der Waals surface area contributed by atoms with Crippen molar-refractivity contribution in [2.45, 2.75) is 0 Å². The highest BCUT2D eigenvalue weighted by molar-refractivity contribution is 6.09. The minimum Gasteiger partial charge on any atom is -0.856 e. The van der Waals surface area contributed by atoms with Gasteiger partial charge >= 0.3 is 6.03 Å². The predicted octanol–water partition coefficient (Wildman–Crippen LogP) is -2.86. The standard InChI is InChI=1S/C7H9N5O3/c1-10-5-4(12(15)3-8-9-5)6(13)11(2)7(10)14/h3,13,15H,1-2H3. The van der Waals surface area contributed by atoms with E-state index in [1.54, 1.807) is 0 Å². The Morgan fingerprint density at radius 2 is 2.13 bits per heavy atom. The van der Waals surface area contributed by atoms with Crippen LogP contribution in [-0.4, -0.2) is 47.3 Å². The molecule has 8 nitrogen and oxygen atoms in total. The highest BCUT2D eigenvalue weighted by atomic mass is 16.5. The summed E-state index contributed by atoms with van der Waals surface area (Å²) in [5, 5.41) is 27.9. The molecule has 80 valence electrons. The van der Waals surface area contributed by atoms with Crippen LogP contribution >= 0.6 is 0 Å². The van der Waals surface area contributed by atoms with E-state index in [4.69, 9.17) is 0 Å². The summed E-state index contributed by atoms with van der Waals surface area (Å²) in [4.78, 5) is 13.6. The molecule has 2 rings (SSSR count). The van der Waals surface area contributed by atoms with E-state index in [1.165, 1.54) is 14.1 Å². The number of amidine groups is 1. The van der Waals surface area contributed by atoms with E-state index < -0.39 is 11.9 Å². The molecule has 0 saturated heterocycles. The van der Waals surface area contributed by atoms with Crippen LogP contribution in [0.25, 0.3) is 0 Å². The fourth-order valence-corrected chi connectivity index (χ4v) is 1.38. The molecule has 0 spiro atoms. The van der Waals surface area contributed by atoms with Crippen molar-refractivity contribution in [1.82, 2.24) is 9.80 Å². The number of carbonyl (C=O) groups is 1. The lowest BCUT2D eigenvalue weighted by Gasteiger charge is -2.36. The maximum atomic E-state index is 11.6. The molecule has 2 N–H and O–H groups in total. The zero-order chi connectivity index (χ0) is 11.2. The average Bonchev–Trinajstić information content (AvgIpc) is 2.23. The summed E-state index contributed by atoms with van der Waals surface area (Å²) >= 11 is 0. The summed E-state index contributed by atoms with van der Waals surface area (Å²) in [7, 11) is 2.79. The second kappa shape index (κ2) is 3.04. The zero-order valence-corrected chi connectivity index (χ0v) is 8.13. The first-order valence-corrected chi connectivity index (χ1v) is 4.14. The third-order valence-electron chi connectivity index (χ3n) is 2.22. The van der Waals surface area contributed by atoms with E-state index in [0.29, 0.717) is 0 Å². The number of hydrogen-bond donors (Lipinski definition) is 2. The maximum Gasteiger partial charge on any atom is 0.329 e. The Morgan fingerprint density at radius 1 is 1.47 bits per heavy atom. The molecule has 2 amide bonds. The van der Waals surface area contributed by atoms with Crippen molar-refractivity contribution in [3.63, 3.8) is 0 Å². The van der Waals surface area contributed by atoms with Crippen LogP contribution in [0, 0.1) is 0 Å². The van der Waals surface area contributed by atoms with Crippen LogP contribution in [0.4, 0.5) is 4.79 Å². The van der Waals surface area contributed by atoms with Gasteiger partial charge in [-0.05, 0) is 0 Å². The second-order valence-corrected chi connectivity index (χ2v) is 3.13. The number of quaternary nitrogens is 1. The van der Waals surface area contributed by atoms with Gasteiger partial charge in [-0.25, -0.2) is 10.0 Å². The number of hydroxylamine groups is 2. The van der Waals surface area contributed by atoms with E-state index in [0.717, 1.165) is 16.1 Å². The number of fused-ring (bicyclic) bond motifs is 1. The summed E-state index contributed by atoms with van der Waals surface area (Å²) < 4.78 is 0. The molecule has 0 radical (unpaired) electrons. The lowest BCUT2D eigenvalue weighted by molar-refractivity contribution is -0.971. The summed E-state index contributed by atoms with van der Waals surface area (Å²) in [6, 6.07) is -0.507. The molecule has 2 aliphatic rings. The van der Waals surface area contributed by atoms with Crippen LogP contribution in [0.3, 0.4) is 0 Å². The SMILES string of the molecule is CN1C(=O)N(C)C([O-])=C2C1=NN=C[NH+]2O. The smallest absolute Gasteiger partial charge is 0.329 e. The van der Waals surface area contributed by atoms with Gasteiger partial charge in [0.15, 0.2) is 0 Å². The van der Waals surface area contributed by atoms with E-state index in [-0.39, 0.29) is 16.6 Å². The largest absolute Gasteiger partial charge is 0.856 e. The van der Waals surface area contributed by atoms with Crippen molar-refractivity contribution in [2.24, 2.45) is 10.2 Å². The fraction of sp³-hybridized carbons (Fsp3) is 0.286. The Hall–Kier alpha value is -1.93. The summed E-state index contributed by atoms with van der Waals surface area (Å²) in [5.41, 5.74) is -0.00500. The third-order valence-corrected chi connectivity index (χ3v) is 2.22.